The van der Waals surface area contributed by atoms with Crippen molar-refractivity contribution in [3.8, 4) is 6.07 Å². The van der Waals surface area contributed by atoms with Gasteiger partial charge in [0.25, 0.3) is 0 Å². The van der Waals surface area contributed by atoms with Crippen molar-refractivity contribution in [3.05, 3.63) is 0 Å². The molecule has 0 aromatic rings. The Kier molecular flexibility index (Phi) is 5.10. The summed E-state index contributed by atoms with van der Waals surface area (Å²) in [5.74, 6) is 1.17. The topological polar surface area (TPSA) is 76.1 Å². The van der Waals surface area contributed by atoms with Crippen molar-refractivity contribution >= 4 is 17.7 Å². The van der Waals surface area contributed by atoms with Gasteiger partial charge >= 0.3 is 5.97 Å². The average Bonchev–Trinajstić information content (AvgIpc) is 2.99. The third kappa shape index (κ3) is 4.03. The molecule has 4 nitrogen and oxygen atoms in total. The van der Waals surface area contributed by atoms with E-state index < -0.39 is 6.04 Å². The number of rotatable bonds is 7. The number of ether oxygens (including phenoxy) is 1. The number of carbonyl (C=O) groups is 1. The van der Waals surface area contributed by atoms with Crippen LogP contribution < -0.4 is 5.73 Å². The molecule has 0 aliphatic heterocycles. The highest BCUT2D eigenvalue weighted by atomic mass is 32.2. The van der Waals surface area contributed by atoms with Gasteiger partial charge in [-0.3, -0.25) is 4.79 Å². The van der Waals surface area contributed by atoms with Crippen LogP contribution in [-0.2, 0) is 9.53 Å². The molecule has 0 aromatic heterocycles. The Morgan fingerprint density at radius 3 is 2.88 bits per heavy atom. The van der Waals surface area contributed by atoms with Crippen LogP contribution in [-0.4, -0.2) is 30.1 Å². The molecule has 90 valence electrons. The van der Waals surface area contributed by atoms with Gasteiger partial charge in [0.15, 0.2) is 0 Å². The van der Waals surface area contributed by atoms with Gasteiger partial charge in [0, 0.05) is 12.2 Å². The molecule has 1 saturated carbocycles. The molecule has 1 unspecified atom stereocenters. The highest BCUT2D eigenvalue weighted by Crippen LogP contribution is 2.50. The molecule has 5 heteroatoms. The quantitative estimate of drug-likeness (QED) is 0.681. The molecule has 0 aromatic carbocycles. The first-order valence-corrected chi connectivity index (χ1v) is 6.66. The van der Waals surface area contributed by atoms with Gasteiger partial charge in [-0.05, 0) is 30.9 Å². The van der Waals surface area contributed by atoms with Crippen molar-refractivity contribution in [1.29, 1.82) is 5.26 Å². The highest BCUT2D eigenvalue weighted by molar-refractivity contribution is 7.99. The molecule has 1 aliphatic carbocycles. The minimum Gasteiger partial charge on any atom is -0.465 e. The minimum atomic E-state index is -0.539. The van der Waals surface area contributed by atoms with Crippen LogP contribution in [0, 0.1) is 16.7 Å². The Morgan fingerprint density at radius 1 is 1.69 bits per heavy atom. The van der Waals surface area contributed by atoms with E-state index in [1.54, 1.807) is 18.7 Å². The number of nitrogens with two attached hydrogens (primary N) is 1. The fourth-order valence-electron chi connectivity index (χ4n) is 1.44. The molecule has 0 heterocycles. The zero-order valence-electron chi connectivity index (χ0n) is 9.57. The number of thioether (sulfide) groups is 1. The van der Waals surface area contributed by atoms with Gasteiger partial charge in [-0.25, -0.2) is 0 Å². The lowest BCUT2D eigenvalue weighted by atomic mass is 10.1. The van der Waals surface area contributed by atoms with Crippen molar-refractivity contribution in [1.82, 2.24) is 0 Å². The Hall–Kier alpha value is -0.730. The molecule has 1 fully saturated rings. The molecule has 0 spiro atoms. The minimum absolute atomic E-state index is 0.216. The van der Waals surface area contributed by atoms with Gasteiger partial charge < -0.3 is 10.5 Å². The Labute approximate surface area is 101 Å². The second-order valence-corrected chi connectivity index (χ2v) is 5.24. The molecule has 16 heavy (non-hydrogen) atoms. The lowest BCUT2D eigenvalue weighted by Gasteiger charge is -2.13. The van der Waals surface area contributed by atoms with E-state index in [0.29, 0.717) is 18.8 Å². The molecule has 0 bridgehead atoms. The Bertz CT molecular complexity index is 284. The smallest absolute Gasteiger partial charge is 0.323 e. The lowest BCUT2D eigenvalue weighted by molar-refractivity contribution is -0.144. The molecule has 0 radical (unpaired) electrons. The number of hydrogen-bond donors (Lipinski definition) is 1. The fraction of sp³-hybridized carbons (Fsp3) is 0.818. The van der Waals surface area contributed by atoms with E-state index in [1.807, 2.05) is 0 Å². The van der Waals surface area contributed by atoms with Crippen LogP contribution in [0.2, 0.25) is 0 Å². The summed E-state index contributed by atoms with van der Waals surface area (Å²) in [6.07, 6.45) is 2.87. The zero-order chi connectivity index (χ0) is 12.0. The summed E-state index contributed by atoms with van der Waals surface area (Å²) in [7, 11) is 0. The molecule has 1 rings (SSSR count). The van der Waals surface area contributed by atoms with Gasteiger partial charge in [0.1, 0.15) is 6.04 Å². The molecular weight excluding hydrogens is 224 g/mol. The Balaban J connectivity index is 2.16. The second-order valence-electron chi connectivity index (χ2n) is 4.21. The Morgan fingerprint density at radius 2 is 2.38 bits per heavy atom. The van der Waals surface area contributed by atoms with Crippen molar-refractivity contribution in [2.75, 3.05) is 18.1 Å². The summed E-state index contributed by atoms with van der Waals surface area (Å²) in [5.41, 5.74) is 5.88. The van der Waals surface area contributed by atoms with Crippen LogP contribution in [0.3, 0.4) is 0 Å². The molecule has 2 N–H and O–H groups in total. The maximum absolute atomic E-state index is 11.2. The number of esters is 1. The number of hydrogen-bond acceptors (Lipinski definition) is 5. The van der Waals surface area contributed by atoms with Gasteiger partial charge in [-0.15, -0.1) is 0 Å². The number of nitrogens with zero attached hydrogens (tertiary/aromatic N) is 1. The van der Waals surface area contributed by atoms with Crippen LogP contribution in [0.15, 0.2) is 0 Å². The summed E-state index contributed by atoms with van der Waals surface area (Å²) in [6, 6.07) is 1.68. The highest BCUT2D eigenvalue weighted by Gasteiger charge is 2.42. The molecule has 0 amide bonds. The van der Waals surface area contributed by atoms with Crippen molar-refractivity contribution in [3.63, 3.8) is 0 Å². The number of nitriles is 1. The van der Waals surface area contributed by atoms with E-state index in [2.05, 4.69) is 6.07 Å². The summed E-state index contributed by atoms with van der Waals surface area (Å²) in [5, 5.41) is 8.65. The first-order chi connectivity index (χ1) is 7.63. The predicted molar refractivity (Wildman–Crippen MR) is 63.8 cm³/mol. The average molecular weight is 242 g/mol. The third-order valence-corrected chi connectivity index (χ3v) is 4.12. The largest absolute Gasteiger partial charge is 0.465 e. The van der Waals surface area contributed by atoms with Gasteiger partial charge in [-0.1, -0.05) is 0 Å². The monoisotopic (exact) mass is 242 g/mol. The molecule has 1 aliphatic rings. The summed E-state index contributed by atoms with van der Waals surface area (Å²) in [6.45, 7) is 2.14. The van der Waals surface area contributed by atoms with E-state index in [0.717, 1.165) is 18.6 Å². The van der Waals surface area contributed by atoms with E-state index in [4.69, 9.17) is 15.7 Å². The van der Waals surface area contributed by atoms with Crippen LogP contribution >= 0.6 is 11.8 Å². The van der Waals surface area contributed by atoms with Crippen molar-refractivity contribution in [2.24, 2.45) is 11.1 Å². The molecule has 1 atom stereocenters. The van der Waals surface area contributed by atoms with Crippen molar-refractivity contribution in [2.45, 2.75) is 32.2 Å². The van der Waals surface area contributed by atoms with E-state index in [-0.39, 0.29) is 11.4 Å². The van der Waals surface area contributed by atoms with Crippen LogP contribution in [0.4, 0.5) is 0 Å². The first kappa shape index (κ1) is 13.3. The van der Waals surface area contributed by atoms with Gasteiger partial charge in [0.05, 0.1) is 12.7 Å². The predicted octanol–water partition coefficient (Wildman–Crippen LogP) is 1.30. The number of carbonyl (C=O) groups excluding carboxylic acids is 1. The van der Waals surface area contributed by atoms with E-state index in [9.17, 15) is 4.79 Å². The standard InChI is InChI=1S/C11H18N2O2S/c1-2-15-10(14)9(13)7-16-8-11(3-4-11)5-6-12/h9H,2-5,7-8,13H2,1H3. The summed E-state index contributed by atoms with van der Waals surface area (Å²) < 4.78 is 4.82. The fourth-order valence-corrected chi connectivity index (χ4v) is 2.77. The van der Waals surface area contributed by atoms with Crippen LogP contribution in [0.1, 0.15) is 26.2 Å². The van der Waals surface area contributed by atoms with Gasteiger partial charge in [-0.2, -0.15) is 17.0 Å². The van der Waals surface area contributed by atoms with E-state index in [1.165, 1.54) is 0 Å². The SMILES string of the molecule is CCOC(=O)C(N)CSCC1(CC#N)CC1. The van der Waals surface area contributed by atoms with Gasteiger partial charge in [0.2, 0.25) is 0 Å². The van der Waals surface area contributed by atoms with Crippen LogP contribution in [0.25, 0.3) is 0 Å². The zero-order valence-corrected chi connectivity index (χ0v) is 10.4. The second kappa shape index (κ2) is 6.12. The summed E-state index contributed by atoms with van der Waals surface area (Å²) in [4.78, 5) is 11.2. The summed E-state index contributed by atoms with van der Waals surface area (Å²) >= 11 is 1.65. The van der Waals surface area contributed by atoms with Crippen molar-refractivity contribution < 1.29 is 9.53 Å². The molecular formula is C11H18N2O2S. The maximum Gasteiger partial charge on any atom is 0.323 e. The van der Waals surface area contributed by atoms with E-state index >= 15 is 0 Å². The van der Waals surface area contributed by atoms with Crippen LogP contribution in [0.5, 0.6) is 0 Å². The third-order valence-electron chi connectivity index (χ3n) is 2.71. The first-order valence-electron chi connectivity index (χ1n) is 5.50. The lowest BCUT2D eigenvalue weighted by Crippen LogP contribution is -2.34. The normalized spacial score (nSPS) is 18.6. The molecule has 0 saturated heterocycles. The maximum atomic E-state index is 11.2.